The van der Waals surface area contributed by atoms with E-state index in [9.17, 15) is 4.79 Å². The van der Waals surface area contributed by atoms with Crippen molar-refractivity contribution in [1.82, 2.24) is 15.5 Å². The molecule has 0 aromatic carbocycles. The second-order valence-electron chi connectivity index (χ2n) is 5.95. The van der Waals surface area contributed by atoms with Crippen LogP contribution in [-0.2, 0) is 9.53 Å². The second kappa shape index (κ2) is 8.77. The minimum absolute atomic E-state index is 0. The van der Waals surface area contributed by atoms with Crippen molar-refractivity contribution in [1.29, 1.82) is 0 Å². The van der Waals surface area contributed by atoms with E-state index in [4.69, 9.17) is 4.74 Å². The molecule has 1 heterocycles. The van der Waals surface area contributed by atoms with Gasteiger partial charge in [0.2, 0.25) is 5.91 Å². The Morgan fingerprint density at radius 3 is 2.43 bits per heavy atom. The molecule has 0 aromatic rings. The smallest absolute Gasteiger partial charge is 0.243 e. The normalized spacial score (nSPS) is 25.8. The highest BCUT2D eigenvalue weighted by atomic mass is 127. The van der Waals surface area contributed by atoms with Gasteiger partial charge in [-0.1, -0.05) is 6.92 Å². The van der Waals surface area contributed by atoms with Gasteiger partial charge in [-0.25, -0.2) is 4.99 Å². The predicted octanol–water partition coefficient (Wildman–Crippen LogP) is 0.815. The standard InChI is InChI=1S/C14H26N4O2.HI/c1-10-8-12(10)17-14(15-9-13(19)18(2)3)16-11-4-6-20-7-5-11;/h10-12H,4-9H2,1-3H3,(H2,15,16,17);1H. The van der Waals surface area contributed by atoms with Gasteiger partial charge in [-0.05, 0) is 25.2 Å². The molecule has 1 amide bonds. The first-order valence-corrected chi connectivity index (χ1v) is 7.41. The van der Waals surface area contributed by atoms with E-state index in [1.807, 2.05) is 0 Å². The molecule has 1 saturated carbocycles. The molecule has 122 valence electrons. The van der Waals surface area contributed by atoms with Crippen molar-refractivity contribution >= 4 is 35.8 Å². The fourth-order valence-corrected chi connectivity index (χ4v) is 2.16. The van der Waals surface area contributed by atoms with Crippen LogP contribution in [0.1, 0.15) is 26.2 Å². The molecule has 0 radical (unpaired) electrons. The van der Waals surface area contributed by atoms with Crippen LogP contribution in [-0.4, -0.2) is 62.7 Å². The lowest BCUT2D eigenvalue weighted by Gasteiger charge is -2.25. The number of amides is 1. The first-order valence-electron chi connectivity index (χ1n) is 7.41. The molecule has 0 aromatic heterocycles. The number of hydrogen-bond donors (Lipinski definition) is 2. The Morgan fingerprint density at radius 1 is 1.29 bits per heavy atom. The predicted molar refractivity (Wildman–Crippen MR) is 94.1 cm³/mol. The van der Waals surface area contributed by atoms with Gasteiger partial charge in [0.15, 0.2) is 5.96 Å². The van der Waals surface area contributed by atoms with E-state index in [2.05, 4.69) is 22.5 Å². The summed E-state index contributed by atoms with van der Waals surface area (Å²) in [5.74, 6) is 1.48. The first-order chi connectivity index (χ1) is 9.56. The number of nitrogens with one attached hydrogen (secondary N) is 2. The maximum absolute atomic E-state index is 11.6. The van der Waals surface area contributed by atoms with Crippen LogP contribution in [0.15, 0.2) is 4.99 Å². The lowest BCUT2D eigenvalue weighted by Crippen LogP contribution is -2.47. The fourth-order valence-electron chi connectivity index (χ4n) is 2.16. The monoisotopic (exact) mass is 410 g/mol. The molecular formula is C14H27IN4O2. The van der Waals surface area contributed by atoms with Crippen molar-refractivity contribution in [2.75, 3.05) is 33.9 Å². The molecule has 1 aliphatic carbocycles. The zero-order chi connectivity index (χ0) is 14.5. The van der Waals surface area contributed by atoms with E-state index in [1.165, 1.54) is 6.42 Å². The Kier molecular flexibility index (Phi) is 7.72. The molecule has 2 aliphatic rings. The van der Waals surface area contributed by atoms with Crippen molar-refractivity contribution < 1.29 is 9.53 Å². The highest BCUT2D eigenvalue weighted by molar-refractivity contribution is 14.0. The van der Waals surface area contributed by atoms with Crippen molar-refractivity contribution in [2.45, 2.75) is 38.3 Å². The topological polar surface area (TPSA) is 66.0 Å². The minimum atomic E-state index is 0. The molecule has 7 heteroatoms. The number of halogens is 1. The number of carbonyl (C=O) groups is 1. The maximum Gasteiger partial charge on any atom is 0.243 e. The van der Waals surface area contributed by atoms with Crippen LogP contribution in [0.5, 0.6) is 0 Å². The average molecular weight is 410 g/mol. The molecule has 1 saturated heterocycles. The summed E-state index contributed by atoms with van der Waals surface area (Å²) in [6, 6.07) is 0.883. The number of ether oxygens (including phenoxy) is 1. The second-order valence-corrected chi connectivity index (χ2v) is 5.95. The number of likely N-dealkylation sites (N-methyl/N-ethyl adjacent to an activating group) is 1. The molecule has 0 bridgehead atoms. The van der Waals surface area contributed by atoms with Gasteiger partial charge >= 0.3 is 0 Å². The van der Waals surface area contributed by atoms with Crippen molar-refractivity contribution in [3.63, 3.8) is 0 Å². The van der Waals surface area contributed by atoms with Gasteiger partial charge in [0.1, 0.15) is 6.54 Å². The van der Waals surface area contributed by atoms with Crippen LogP contribution < -0.4 is 10.6 Å². The number of guanidine groups is 1. The van der Waals surface area contributed by atoms with E-state index in [0.29, 0.717) is 18.0 Å². The summed E-state index contributed by atoms with van der Waals surface area (Å²) in [6.07, 6.45) is 3.15. The third-order valence-corrected chi connectivity index (χ3v) is 3.86. The molecule has 0 spiro atoms. The number of rotatable bonds is 4. The summed E-state index contributed by atoms with van der Waals surface area (Å²) < 4.78 is 5.36. The van der Waals surface area contributed by atoms with Gasteiger partial charge < -0.3 is 20.3 Å². The van der Waals surface area contributed by atoms with Crippen molar-refractivity contribution in [3.05, 3.63) is 0 Å². The summed E-state index contributed by atoms with van der Waals surface area (Å²) in [5.41, 5.74) is 0. The largest absolute Gasteiger partial charge is 0.381 e. The first kappa shape index (κ1) is 18.5. The van der Waals surface area contributed by atoms with E-state index < -0.39 is 0 Å². The van der Waals surface area contributed by atoms with Crippen LogP contribution in [0, 0.1) is 5.92 Å². The number of aliphatic imine (C=N–C) groups is 1. The van der Waals surface area contributed by atoms with Crippen molar-refractivity contribution in [2.24, 2.45) is 10.9 Å². The molecule has 2 unspecified atom stereocenters. The Bertz CT molecular complexity index is 370. The summed E-state index contributed by atoms with van der Waals surface area (Å²) >= 11 is 0. The summed E-state index contributed by atoms with van der Waals surface area (Å²) in [7, 11) is 3.50. The highest BCUT2D eigenvalue weighted by Gasteiger charge is 2.33. The third-order valence-electron chi connectivity index (χ3n) is 3.86. The van der Waals surface area contributed by atoms with E-state index in [-0.39, 0.29) is 36.4 Å². The average Bonchev–Trinajstić information content (AvgIpc) is 3.12. The molecule has 1 aliphatic heterocycles. The Hall–Kier alpha value is -0.570. The van der Waals surface area contributed by atoms with E-state index in [1.54, 1.807) is 19.0 Å². The van der Waals surface area contributed by atoms with Crippen LogP contribution in [0.4, 0.5) is 0 Å². The van der Waals surface area contributed by atoms with Gasteiger partial charge in [-0.15, -0.1) is 24.0 Å². The molecule has 2 N–H and O–H groups in total. The van der Waals surface area contributed by atoms with Crippen LogP contribution in [0.3, 0.4) is 0 Å². The summed E-state index contributed by atoms with van der Waals surface area (Å²) in [4.78, 5) is 17.6. The van der Waals surface area contributed by atoms with Gasteiger partial charge in [-0.3, -0.25) is 4.79 Å². The molecular weight excluding hydrogens is 383 g/mol. The molecule has 2 rings (SSSR count). The minimum Gasteiger partial charge on any atom is -0.381 e. The SMILES string of the molecule is CC1CC1NC(=NCC(=O)N(C)C)NC1CCOCC1.I. The molecule has 6 nitrogen and oxygen atoms in total. The van der Waals surface area contributed by atoms with Gasteiger partial charge in [0, 0.05) is 39.4 Å². The molecule has 2 fully saturated rings. The Labute approximate surface area is 144 Å². The number of hydrogen-bond acceptors (Lipinski definition) is 3. The Morgan fingerprint density at radius 2 is 1.90 bits per heavy atom. The zero-order valence-electron chi connectivity index (χ0n) is 13.1. The molecule has 2 atom stereocenters. The number of nitrogens with zero attached hydrogens (tertiary/aromatic N) is 2. The molecule has 21 heavy (non-hydrogen) atoms. The zero-order valence-corrected chi connectivity index (χ0v) is 15.4. The lowest BCUT2D eigenvalue weighted by atomic mass is 10.1. The van der Waals surface area contributed by atoms with Gasteiger partial charge in [0.25, 0.3) is 0 Å². The quantitative estimate of drug-likeness (QED) is 0.409. The van der Waals surface area contributed by atoms with E-state index in [0.717, 1.165) is 32.0 Å². The van der Waals surface area contributed by atoms with Crippen LogP contribution in [0.25, 0.3) is 0 Å². The third kappa shape index (κ3) is 6.37. The highest BCUT2D eigenvalue weighted by Crippen LogP contribution is 2.28. The van der Waals surface area contributed by atoms with Crippen molar-refractivity contribution in [3.8, 4) is 0 Å². The van der Waals surface area contributed by atoms with Crippen LogP contribution >= 0.6 is 24.0 Å². The maximum atomic E-state index is 11.6. The lowest BCUT2D eigenvalue weighted by molar-refractivity contribution is -0.127. The van der Waals surface area contributed by atoms with Gasteiger partial charge in [0.05, 0.1) is 0 Å². The van der Waals surface area contributed by atoms with Crippen LogP contribution in [0.2, 0.25) is 0 Å². The Balaban J connectivity index is 0.00000220. The number of carbonyl (C=O) groups excluding carboxylic acids is 1. The fraction of sp³-hybridized carbons (Fsp3) is 0.857. The van der Waals surface area contributed by atoms with E-state index >= 15 is 0 Å². The summed E-state index contributed by atoms with van der Waals surface area (Å²) in [5, 5.41) is 6.84. The summed E-state index contributed by atoms with van der Waals surface area (Å²) in [6.45, 7) is 3.99. The van der Waals surface area contributed by atoms with Gasteiger partial charge in [-0.2, -0.15) is 0 Å².